The molecular formula is C34H62B2N4Si2. The van der Waals surface area contributed by atoms with Gasteiger partial charge in [-0.2, -0.15) is 0 Å². The van der Waals surface area contributed by atoms with Gasteiger partial charge in [0.1, 0.15) is 16.5 Å². The molecule has 2 aromatic carbocycles. The number of hydrogen-bond acceptors (Lipinski definition) is 4. The quantitative estimate of drug-likeness (QED) is 0.224. The van der Waals surface area contributed by atoms with Crippen molar-refractivity contribution in [1.29, 1.82) is 0 Å². The van der Waals surface area contributed by atoms with Gasteiger partial charge in [0.2, 0.25) is 0 Å². The van der Waals surface area contributed by atoms with E-state index in [1.165, 1.54) is 33.6 Å². The van der Waals surface area contributed by atoms with Crippen molar-refractivity contribution >= 4 is 42.1 Å². The van der Waals surface area contributed by atoms with Gasteiger partial charge in [-0.05, 0) is 59.0 Å². The molecule has 0 N–H and O–H groups in total. The minimum atomic E-state index is -1.72. The highest BCUT2D eigenvalue weighted by molar-refractivity contribution is 7.09. The molecule has 1 saturated heterocycles. The Balaban J connectivity index is 2.54. The Morgan fingerprint density at radius 2 is 0.762 bits per heavy atom. The van der Waals surface area contributed by atoms with Crippen molar-refractivity contribution in [2.45, 2.75) is 132 Å². The first-order chi connectivity index (χ1) is 19.4. The average Bonchev–Trinajstić information content (AvgIpc) is 2.86. The van der Waals surface area contributed by atoms with Crippen molar-refractivity contribution in [3.8, 4) is 0 Å². The normalized spacial score (nSPS) is 15.0. The molecular weight excluding hydrogens is 542 g/mol. The highest BCUT2D eigenvalue weighted by Gasteiger charge is 2.63. The molecule has 232 valence electrons. The van der Waals surface area contributed by atoms with Gasteiger partial charge in [-0.25, -0.2) is 0 Å². The minimum absolute atomic E-state index is 0.173. The number of para-hydroxylation sites is 2. The van der Waals surface area contributed by atoms with Crippen LogP contribution in [-0.2, 0) is 0 Å². The fourth-order valence-electron chi connectivity index (χ4n) is 7.09. The number of nitrogens with zero attached hydrogens (tertiary/aromatic N) is 4. The van der Waals surface area contributed by atoms with E-state index in [0.29, 0.717) is 23.7 Å². The number of anilines is 2. The van der Waals surface area contributed by atoms with Crippen molar-refractivity contribution in [2.24, 2.45) is 0 Å². The first kappa shape index (κ1) is 35.0. The van der Waals surface area contributed by atoms with Crippen LogP contribution >= 0.6 is 0 Å². The summed E-state index contributed by atoms with van der Waals surface area (Å²) in [4.78, 5) is 0. The predicted molar refractivity (Wildman–Crippen MR) is 197 cm³/mol. The third-order valence-electron chi connectivity index (χ3n) is 9.16. The average molecular weight is 605 g/mol. The molecule has 8 heteroatoms. The van der Waals surface area contributed by atoms with Crippen LogP contribution in [0.4, 0.5) is 11.4 Å². The maximum atomic E-state index is 2.88. The second-order valence-corrected chi connectivity index (χ2v) is 25.4. The van der Waals surface area contributed by atoms with Gasteiger partial charge >= 0.3 is 14.2 Å². The van der Waals surface area contributed by atoms with Gasteiger partial charge in [-0.15, -0.1) is 0 Å². The molecule has 0 aromatic heterocycles. The fraction of sp³-hybridized carbons (Fsp3) is 0.647. The largest absolute Gasteiger partial charge is 0.442 e. The van der Waals surface area contributed by atoms with Crippen molar-refractivity contribution in [2.75, 3.05) is 22.5 Å². The van der Waals surface area contributed by atoms with E-state index in [0.717, 1.165) is 13.1 Å². The SMILES string of the molecule is CCN(B1N(c2c(C(C)C)cccc2C(C)C)B(N(CC)[Si](C)(C)C)N1c1c(C(C)C)cccc1C(C)C)[Si](C)(C)C. The zero-order chi connectivity index (χ0) is 31.9. The van der Waals surface area contributed by atoms with Crippen molar-refractivity contribution in [3.63, 3.8) is 0 Å². The minimum Gasteiger partial charge on any atom is -0.396 e. The van der Waals surface area contributed by atoms with E-state index in [1.807, 2.05) is 0 Å². The van der Waals surface area contributed by atoms with E-state index in [4.69, 9.17) is 0 Å². The number of rotatable bonds is 12. The molecule has 0 amide bonds. The zero-order valence-electron chi connectivity index (χ0n) is 30.1. The van der Waals surface area contributed by atoms with E-state index in [2.05, 4.69) is 163 Å². The van der Waals surface area contributed by atoms with Gasteiger partial charge in [0.15, 0.2) is 0 Å². The summed E-state index contributed by atoms with van der Waals surface area (Å²) in [7, 11) is -3.10. The van der Waals surface area contributed by atoms with Crippen LogP contribution in [0.3, 0.4) is 0 Å². The van der Waals surface area contributed by atoms with Crippen LogP contribution in [0.2, 0.25) is 39.3 Å². The van der Waals surface area contributed by atoms with Gasteiger partial charge < -0.3 is 18.4 Å². The fourth-order valence-corrected chi connectivity index (χ4v) is 10.9. The summed E-state index contributed by atoms with van der Waals surface area (Å²) in [5.74, 6) is 1.80. The molecule has 0 atom stereocenters. The Morgan fingerprint density at radius 3 is 0.929 bits per heavy atom. The topological polar surface area (TPSA) is 13.0 Å². The third-order valence-corrected chi connectivity index (χ3v) is 13.7. The number of benzene rings is 2. The van der Waals surface area contributed by atoms with Crippen LogP contribution in [0.1, 0.15) is 115 Å². The number of hydrogen-bond donors (Lipinski definition) is 0. The van der Waals surface area contributed by atoms with Crippen LogP contribution in [0, 0.1) is 0 Å². The van der Waals surface area contributed by atoms with Crippen LogP contribution in [-0.4, -0.2) is 52.7 Å². The molecule has 1 aliphatic rings. The highest BCUT2D eigenvalue weighted by Crippen LogP contribution is 2.48. The molecule has 4 nitrogen and oxygen atoms in total. The molecule has 3 rings (SSSR count). The Kier molecular flexibility index (Phi) is 11.0. The van der Waals surface area contributed by atoms with Gasteiger partial charge in [-0.1, -0.05) is 145 Å². The standard InChI is InChI=1S/C34H62B2N4Si2/c1-17-37(41(11,12)13)35-39(33-29(25(3)4)21-19-22-30(33)26(5)6)36(38(18-2)42(14,15)16)40(35)34-31(27(7)8)23-20-24-32(34)28(9)10/h19-28H,17-18H2,1-16H3. The molecule has 1 fully saturated rings. The summed E-state index contributed by atoms with van der Waals surface area (Å²) in [6, 6.07) is 14.2. The summed E-state index contributed by atoms with van der Waals surface area (Å²) < 4.78 is 11.5. The second-order valence-electron chi connectivity index (χ2n) is 15.6. The summed E-state index contributed by atoms with van der Waals surface area (Å²) in [5.41, 5.74) is 8.89. The lowest BCUT2D eigenvalue weighted by atomic mass is 9.53. The van der Waals surface area contributed by atoms with E-state index >= 15 is 0 Å². The molecule has 1 heterocycles. The second kappa shape index (κ2) is 13.3. The van der Waals surface area contributed by atoms with E-state index in [-0.39, 0.29) is 14.2 Å². The Morgan fingerprint density at radius 1 is 0.524 bits per heavy atom. The summed E-state index contributed by atoms with van der Waals surface area (Å²) in [5, 5.41) is 0. The summed E-state index contributed by atoms with van der Waals surface area (Å²) >= 11 is 0. The Labute approximate surface area is 263 Å². The maximum Gasteiger partial charge on any atom is 0.442 e. The lowest BCUT2D eigenvalue weighted by Gasteiger charge is -2.65. The Hall–Kier alpha value is -1.48. The highest BCUT2D eigenvalue weighted by atomic mass is 28.3. The van der Waals surface area contributed by atoms with Crippen LogP contribution in [0.15, 0.2) is 36.4 Å². The smallest absolute Gasteiger partial charge is 0.396 e. The van der Waals surface area contributed by atoms with Gasteiger partial charge in [-0.3, -0.25) is 0 Å². The van der Waals surface area contributed by atoms with Gasteiger partial charge in [0, 0.05) is 11.4 Å². The molecule has 0 saturated carbocycles. The molecule has 0 bridgehead atoms. The Bertz CT molecular complexity index is 1050. The van der Waals surface area contributed by atoms with E-state index in [9.17, 15) is 0 Å². The molecule has 2 aromatic rings. The molecule has 42 heavy (non-hydrogen) atoms. The molecule has 0 unspecified atom stereocenters. The van der Waals surface area contributed by atoms with Crippen LogP contribution in [0.25, 0.3) is 0 Å². The predicted octanol–water partition coefficient (Wildman–Crippen LogP) is 9.79. The lowest BCUT2D eigenvalue weighted by Crippen LogP contribution is -2.92. The molecule has 0 radical (unpaired) electrons. The zero-order valence-corrected chi connectivity index (χ0v) is 32.1. The van der Waals surface area contributed by atoms with Gasteiger partial charge in [0.25, 0.3) is 0 Å². The summed E-state index contributed by atoms with van der Waals surface area (Å²) in [6.07, 6.45) is 0. The van der Waals surface area contributed by atoms with Crippen molar-refractivity contribution in [1.82, 2.24) is 8.95 Å². The lowest BCUT2D eigenvalue weighted by molar-refractivity contribution is 0.612. The van der Waals surface area contributed by atoms with E-state index < -0.39 is 16.5 Å². The van der Waals surface area contributed by atoms with Crippen molar-refractivity contribution < 1.29 is 0 Å². The third kappa shape index (κ3) is 6.62. The first-order valence-corrected chi connectivity index (χ1v) is 23.6. The van der Waals surface area contributed by atoms with Crippen LogP contribution < -0.4 is 9.44 Å². The summed E-state index contributed by atoms with van der Waals surface area (Å²) in [6.45, 7) is 41.1. The molecule has 0 aliphatic carbocycles. The molecule has 0 spiro atoms. The van der Waals surface area contributed by atoms with Gasteiger partial charge in [0.05, 0.1) is 0 Å². The first-order valence-electron chi connectivity index (χ1n) is 16.8. The molecule has 1 aliphatic heterocycles. The monoisotopic (exact) mass is 604 g/mol. The van der Waals surface area contributed by atoms with E-state index in [1.54, 1.807) is 0 Å². The maximum absolute atomic E-state index is 2.88. The van der Waals surface area contributed by atoms with Crippen LogP contribution in [0.5, 0.6) is 0 Å². The van der Waals surface area contributed by atoms with Crippen molar-refractivity contribution in [3.05, 3.63) is 58.7 Å².